The van der Waals surface area contributed by atoms with Gasteiger partial charge in [-0.25, -0.2) is 13.2 Å². The third-order valence-electron chi connectivity index (χ3n) is 10.8. The molecule has 0 bridgehead atoms. The van der Waals surface area contributed by atoms with Crippen LogP contribution in [0.5, 0.6) is 0 Å². The molecule has 4 amide bonds. The Labute approximate surface area is 311 Å². The highest BCUT2D eigenvalue weighted by Crippen LogP contribution is 2.47. The summed E-state index contributed by atoms with van der Waals surface area (Å²) in [5, 5.41) is 6.23. The second-order valence-corrected chi connectivity index (χ2v) is 18.5. The van der Waals surface area contributed by atoms with Crippen molar-refractivity contribution in [3.05, 3.63) is 64.2 Å². The van der Waals surface area contributed by atoms with Crippen LogP contribution >= 0.6 is 11.6 Å². The lowest BCUT2D eigenvalue weighted by Gasteiger charge is -2.32. The zero-order chi connectivity index (χ0) is 37.7. The minimum atomic E-state index is -3.85. The summed E-state index contributed by atoms with van der Waals surface area (Å²) in [4.78, 5) is 58.7. The van der Waals surface area contributed by atoms with Crippen molar-refractivity contribution in [2.75, 3.05) is 11.9 Å². The fourth-order valence-electron chi connectivity index (χ4n) is 7.34. The van der Waals surface area contributed by atoms with E-state index in [1.165, 1.54) is 9.80 Å². The van der Waals surface area contributed by atoms with Gasteiger partial charge in [0.15, 0.2) is 0 Å². The van der Waals surface area contributed by atoms with Crippen LogP contribution in [-0.4, -0.2) is 77.6 Å². The van der Waals surface area contributed by atoms with Gasteiger partial charge in [-0.3, -0.25) is 24.0 Å². The minimum absolute atomic E-state index is 0.00401. The second-order valence-electron chi connectivity index (χ2n) is 16.1. The number of benzene rings is 2. The van der Waals surface area contributed by atoms with Crippen LogP contribution in [0.2, 0.25) is 5.02 Å². The number of sulfonamides is 1. The predicted molar refractivity (Wildman–Crippen MR) is 198 cm³/mol. The molecule has 2 aromatic rings. The van der Waals surface area contributed by atoms with Crippen molar-refractivity contribution >= 4 is 51.1 Å². The summed E-state index contributed by atoms with van der Waals surface area (Å²) in [5.74, 6) is -2.17. The lowest BCUT2D eigenvalue weighted by atomic mass is 9.87. The average molecular weight is 756 g/mol. The Morgan fingerprint density at radius 2 is 1.77 bits per heavy atom. The Balaban J connectivity index is 1.24. The highest BCUT2D eigenvalue weighted by atomic mass is 35.5. The Morgan fingerprint density at radius 3 is 2.38 bits per heavy atom. The molecule has 2 heterocycles. The van der Waals surface area contributed by atoms with Crippen molar-refractivity contribution in [2.45, 2.75) is 121 Å². The topological polar surface area (TPSA) is 154 Å². The van der Waals surface area contributed by atoms with Crippen LogP contribution in [-0.2, 0) is 47.6 Å². The summed E-state index contributed by atoms with van der Waals surface area (Å²) in [6.07, 6.45) is 0.395. The number of carbonyl (C=O) groups excluding carboxylic acids is 4. The lowest BCUT2D eigenvalue weighted by molar-refractivity contribution is -0.140. The van der Waals surface area contributed by atoms with Gasteiger partial charge in [0.25, 0.3) is 5.91 Å². The normalized spacial score (nSPS) is 24.7. The van der Waals surface area contributed by atoms with Gasteiger partial charge in [0.1, 0.15) is 23.7 Å². The van der Waals surface area contributed by atoms with E-state index in [2.05, 4.69) is 36.1 Å². The molecular weight excluding hydrogens is 706 g/mol. The van der Waals surface area contributed by atoms with Crippen LogP contribution < -0.4 is 15.4 Å². The lowest BCUT2D eigenvalue weighted by Crippen LogP contribution is -2.58. The molecule has 2 aliphatic heterocycles. The number of nitrogens with zero attached hydrogens (tertiary/aromatic N) is 2. The number of fused-ring (bicyclic) bond motifs is 1. The van der Waals surface area contributed by atoms with Gasteiger partial charge in [0, 0.05) is 23.7 Å². The molecule has 4 aliphatic rings. The van der Waals surface area contributed by atoms with Crippen LogP contribution in [0, 0.1) is 11.8 Å². The van der Waals surface area contributed by atoms with Gasteiger partial charge in [-0.15, -0.1) is 0 Å². The number of anilines is 1. The molecule has 6 rings (SSSR count). The number of amides is 4. The summed E-state index contributed by atoms with van der Waals surface area (Å²) in [6.45, 7) is 12.6. The minimum Gasteiger partial charge on any atom is -0.444 e. The first-order chi connectivity index (χ1) is 24.4. The molecule has 0 aromatic heterocycles. The number of ether oxygens (including phenoxy) is 1. The smallest absolute Gasteiger partial charge is 0.410 e. The van der Waals surface area contributed by atoms with Crippen molar-refractivity contribution in [1.82, 2.24) is 19.8 Å². The number of likely N-dealkylation sites (tertiary alicyclic amines) is 1. The summed E-state index contributed by atoms with van der Waals surface area (Å²) >= 11 is 6.38. The number of carbonyl (C=O) groups is 4. The maximum atomic E-state index is 14.5. The number of halogens is 1. The van der Waals surface area contributed by atoms with E-state index in [0.717, 1.165) is 22.4 Å². The molecule has 0 radical (unpaired) electrons. The van der Waals surface area contributed by atoms with Crippen molar-refractivity contribution in [2.24, 2.45) is 11.8 Å². The number of hydrogen-bond acceptors (Lipinski definition) is 8. The van der Waals surface area contributed by atoms with E-state index in [1.807, 2.05) is 57.2 Å². The zero-order valence-corrected chi connectivity index (χ0v) is 32.3. The molecule has 14 heteroatoms. The van der Waals surface area contributed by atoms with Crippen LogP contribution in [0.4, 0.5) is 10.5 Å². The van der Waals surface area contributed by atoms with Gasteiger partial charge >= 0.3 is 6.09 Å². The van der Waals surface area contributed by atoms with Crippen LogP contribution in [0.25, 0.3) is 0 Å². The zero-order valence-electron chi connectivity index (χ0n) is 30.7. The van der Waals surface area contributed by atoms with E-state index in [4.69, 9.17) is 16.3 Å². The molecule has 1 saturated heterocycles. The third-order valence-corrected chi connectivity index (χ3v) is 13.0. The third kappa shape index (κ3) is 7.76. The quantitative estimate of drug-likeness (QED) is 0.287. The Bertz CT molecular complexity index is 1860. The van der Waals surface area contributed by atoms with Crippen LogP contribution in [0.3, 0.4) is 0 Å². The maximum absolute atomic E-state index is 14.5. The van der Waals surface area contributed by atoms with E-state index in [9.17, 15) is 27.6 Å². The number of rotatable bonds is 11. The summed E-state index contributed by atoms with van der Waals surface area (Å²) in [5.41, 5.74) is 2.09. The van der Waals surface area contributed by atoms with E-state index in [0.29, 0.717) is 30.8 Å². The highest BCUT2D eigenvalue weighted by molar-refractivity contribution is 7.91. The molecule has 2 aromatic carbocycles. The van der Waals surface area contributed by atoms with E-state index in [-0.39, 0.29) is 49.1 Å². The fraction of sp³-hybridized carbons (Fsp3) is 0.579. The monoisotopic (exact) mass is 755 g/mol. The summed E-state index contributed by atoms with van der Waals surface area (Å²) in [6, 6.07) is 11.6. The Kier molecular flexibility index (Phi) is 10.3. The summed E-state index contributed by atoms with van der Waals surface area (Å²) in [7, 11) is -3.85. The SMILES string of the molecule is CCC1CC1(NC(=O)C1CC(OC(=O)N2Cc3cccc(Cl)c3C2)CN1C(=O)C(Nc1cccc(C(C)(C)C)c1)C(C)C)C(=O)NS(=O)(=O)C1CC1. The molecule has 2 aliphatic carbocycles. The molecule has 12 nitrogen and oxygen atoms in total. The molecule has 5 unspecified atom stereocenters. The maximum Gasteiger partial charge on any atom is 0.410 e. The molecule has 52 heavy (non-hydrogen) atoms. The number of nitrogens with one attached hydrogen (secondary N) is 3. The van der Waals surface area contributed by atoms with Gasteiger partial charge in [0.05, 0.1) is 18.3 Å². The Hall–Kier alpha value is -3.84. The van der Waals surface area contributed by atoms with Crippen LogP contribution in [0.15, 0.2) is 42.5 Å². The summed E-state index contributed by atoms with van der Waals surface area (Å²) < 4.78 is 33.6. The van der Waals surface area contributed by atoms with Gasteiger partial charge in [0.2, 0.25) is 21.8 Å². The molecule has 5 atom stereocenters. The molecule has 2 saturated carbocycles. The Morgan fingerprint density at radius 1 is 1.06 bits per heavy atom. The van der Waals surface area contributed by atoms with Gasteiger partial charge in [-0.05, 0) is 71.4 Å². The van der Waals surface area contributed by atoms with Crippen molar-refractivity contribution in [1.29, 1.82) is 0 Å². The molecule has 3 N–H and O–H groups in total. The first-order valence-electron chi connectivity index (χ1n) is 18.2. The van der Waals surface area contributed by atoms with Gasteiger partial charge in [-0.2, -0.15) is 0 Å². The first kappa shape index (κ1) is 37.9. The fourth-order valence-corrected chi connectivity index (χ4v) is 8.96. The van der Waals surface area contributed by atoms with Crippen molar-refractivity contribution in [3.8, 4) is 0 Å². The molecular formula is C38H50ClN5O7S. The van der Waals surface area contributed by atoms with Gasteiger partial charge in [-0.1, -0.05) is 83.8 Å². The molecule has 0 spiro atoms. The molecule has 282 valence electrons. The second kappa shape index (κ2) is 14.2. The van der Waals surface area contributed by atoms with Crippen LogP contribution in [0.1, 0.15) is 90.3 Å². The largest absolute Gasteiger partial charge is 0.444 e. The number of hydrogen-bond donors (Lipinski definition) is 3. The first-order valence-corrected chi connectivity index (χ1v) is 20.1. The van der Waals surface area contributed by atoms with Gasteiger partial charge < -0.3 is 20.3 Å². The van der Waals surface area contributed by atoms with E-state index < -0.39 is 56.9 Å². The molecule has 3 fully saturated rings. The van der Waals surface area contributed by atoms with Crippen molar-refractivity contribution < 1.29 is 32.3 Å². The van der Waals surface area contributed by atoms with E-state index in [1.54, 1.807) is 6.07 Å². The van der Waals surface area contributed by atoms with E-state index >= 15 is 0 Å². The average Bonchev–Trinajstić information content (AvgIpc) is 3.97. The predicted octanol–water partition coefficient (Wildman–Crippen LogP) is 5.09. The highest BCUT2D eigenvalue weighted by Gasteiger charge is 2.62. The standard InChI is InChI=1S/C38H50ClN5O7S/c1-7-24-18-38(24,35(47)42-52(49,50)28-14-15-28)41-33(45)31-17-27(51-36(48)43-19-23-10-8-13-30(39)29(23)21-43)20-44(31)34(46)32(22(2)3)40-26-12-9-11-25(16-26)37(4,5)6/h8-13,16,22,24,27-28,31-32,40H,7,14-15,17-21H2,1-6H3,(H,41,45)(H,42,47). The van der Waals surface area contributed by atoms with Crippen molar-refractivity contribution in [3.63, 3.8) is 0 Å².